The van der Waals surface area contributed by atoms with Gasteiger partial charge in [0.2, 0.25) is 0 Å². The van der Waals surface area contributed by atoms with Crippen molar-refractivity contribution in [1.29, 1.82) is 0 Å². The fourth-order valence-electron chi connectivity index (χ4n) is 7.74. The number of carbonyl (C=O) groups is 4. The van der Waals surface area contributed by atoms with E-state index in [9.17, 15) is 24.3 Å². The maximum atomic E-state index is 13.6. The molecule has 1 N–H and O–H groups in total. The van der Waals surface area contributed by atoms with Crippen molar-refractivity contribution < 1.29 is 38.5 Å². The molecule has 1 aromatic rings. The number of ketones is 1. The zero-order chi connectivity index (χ0) is 28.2. The predicted octanol–water partition coefficient (Wildman–Crippen LogP) is 4.04. The zero-order valence-corrected chi connectivity index (χ0v) is 23.0. The highest BCUT2D eigenvalue weighted by molar-refractivity contribution is 5.89. The van der Waals surface area contributed by atoms with Crippen LogP contribution in [0.5, 0.6) is 0 Å². The first kappa shape index (κ1) is 28.0. The molecule has 3 aliphatic rings. The molecule has 0 unspecified atom stereocenters. The van der Waals surface area contributed by atoms with E-state index in [-0.39, 0.29) is 24.5 Å². The van der Waals surface area contributed by atoms with Crippen molar-refractivity contribution in [2.24, 2.45) is 28.6 Å². The van der Waals surface area contributed by atoms with Crippen molar-refractivity contribution in [3.8, 4) is 0 Å². The first-order valence-electron chi connectivity index (χ1n) is 13.2. The molecular formula is C30H38O8. The van der Waals surface area contributed by atoms with E-state index < -0.39 is 64.5 Å². The van der Waals surface area contributed by atoms with E-state index in [2.05, 4.69) is 6.58 Å². The van der Waals surface area contributed by atoms with E-state index in [0.717, 1.165) is 5.57 Å². The van der Waals surface area contributed by atoms with Crippen molar-refractivity contribution in [1.82, 2.24) is 0 Å². The van der Waals surface area contributed by atoms with Crippen LogP contribution < -0.4 is 0 Å². The van der Waals surface area contributed by atoms with Gasteiger partial charge in [-0.1, -0.05) is 44.5 Å². The molecule has 3 aliphatic carbocycles. The van der Waals surface area contributed by atoms with E-state index in [1.54, 1.807) is 30.3 Å². The molecule has 206 valence electrons. The minimum absolute atomic E-state index is 0.0530. The van der Waals surface area contributed by atoms with Crippen LogP contribution in [0, 0.1) is 28.6 Å². The molecule has 0 heterocycles. The summed E-state index contributed by atoms with van der Waals surface area (Å²) < 4.78 is 17.9. The number of carbonyl (C=O) groups excluding carboxylic acids is 4. The number of fused-ring (bicyclic) bond motifs is 2. The van der Waals surface area contributed by atoms with Crippen molar-refractivity contribution in [3.05, 3.63) is 48.0 Å². The number of hydrogen-bond donors (Lipinski definition) is 1. The Morgan fingerprint density at radius 3 is 2.18 bits per heavy atom. The van der Waals surface area contributed by atoms with Gasteiger partial charge in [-0.2, -0.15) is 0 Å². The molecule has 1 aromatic carbocycles. The molecule has 0 aromatic heterocycles. The van der Waals surface area contributed by atoms with Gasteiger partial charge in [0.1, 0.15) is 29.7 Å². The lowest BCUT2D eigenvalue weighted by atomic mass is 9.47. The summed E-state index contributed by atoms with van der Waals surface area (Å²) in [6.45, 7) is 13.9. The van der Waals surface area contributed by atoms with Gasteiger partial charge >= 0.3 is 17.9 Å². The predicted molar refractivity (Wildman–Crippen MR) is 138 cm³/mol. The number of Topliss-reactive ketones (excluding diaryl/α,β-unsaturated/α-hetero) is 1. The largest absolute Gasteiger partial charge is 0.461 e. The Morgan fingerprint density at radius 2 is 1.63 bits per heavy atom. The quantitative estimate of drug-likeness (QED) is 0.335. The number of benzene rings is 1. The molecule has 0 aliphatic heterocycles. The van der Waals surface area contributed by atoms with Gasteiger partial charge < -0.3 is 19.3 Å². The molecule has 0 radical (unpaired) electrons. The van der Waals surface area contributed by atoms with E-state index in [0.29, 0.717) is 12.0 Å². The fraction of sp³-hybridized carbons (Fsp3) is 0.600. The average Bonchev–Trinajstić information content (AvgIpc) is 3.18. The maximum absolute atomic E-state index is 13.6. The molecule has 8 nitrogen and oxygen atoms in total. The highest BCUT2D eigenvalue weighted by Gasteiger charge is 2.80. The molecule has 9 atom stereocenters. The molecule has 3 saturated carbocycles. The van der Waals surface area contributed by atoms with Crippen molar-refractivity contribution in [3.63, 3.8) is 0 Å². The van der Waals surface area contributed by atoms with Crippen LogP contribution in [-0.2, 0) is 28.6 Å². The molecule has 8 heteroatoms. The number of allylic oxidation sites excluding steroid dienone is 1. The Labute approximate surface area is 223 Å². The van der Waals surface area contributed by atoms with Crippen LogP contribution >= 0.6 is 0 Å². The summed E-state index contributed by atoms with van der Waals surface area (Å²) in [4.78, 5) is 51.7. The summed E-state index contributed by atoms with van der Waals surface area (Å²) >= 11 is 0. The van der Waals surface area contributed by atoms with E-state index in [4.69, 9.17) is 14.2 Å². The van der Waals surface area contributed by atoms with Crippen LogP contribution in [0.3, 0.4) is 0 Å². The Balaban J connectivity index is 1.89. The van der Waals surface area contributed by atoms with Crippen LogP contribution in [0.2, 0.25) is 0 Å². The summed E-state index contributed by atoms with van der Waals surface area (Å²) in [6.07, 6.45) is -2.41. The summed E-state index contributed by atoms with van der Waals surface area (Å²) in [5, 5.41) is 12.5. The van der Waals surface area contributed by atoms with Gasteiger partial charge in [0.15, 0.2) is 0 Å². The smallest absolute Gasteiger partial charge is 0.338 e. The lowest BCUT2D eigenvalue weighted by molar-refractivity contribution is -0.283. The van der Waals surface area contributed by atoms with Gasteiger partial charge in [0.25, 0.3) is 0 Å². The number of aliphatic hydroxyl groups is 1. The zero-order valence-electron chi connectivity index (χ0n) is 23.0. The number of ether oxygens (including phenoxy) is 3. The van der Waals surface area contributed by atoms with Crippen molar-refractivity contribution in [2.75, 3.05) is 0 Å². The standard InChI is InChI=1S/C30H38O8/c1-16(2)13-21-22(33)15-28(6)25(36-18(4)31)23-24(38-26(34)20-11-9-8-10-12-20)17(3)14-30(23,35)27(29(21,28)7)37-19(5)32/h8-12,17,21,23-25,27,35H,1,13-15H2,2-7H3/t17-,21+,23+,24-,25+,27+,28-,29+,30+/m0/s1. The van der Waals surface area contributed by atoms with Gasteiger partial charge in [-0.15, -0.1) is 6.58 Å². The third-order valence-corrected chi connectivity index (χ3v) is 9.36. The number of hydrogen-bond acceptors (Lipinski definition) is 8. The molecule has 0 spiro atoms. The SMILES string of the molecule is C=C(C)C[C@@H]1C(=O)C[C@@]2(C)[C@H](OC(C)=O)[C@H]3[C@@H](OC(=O)c4ccccc4)[C@@H](C)C[C@]3(O)[C@H](OC(C)=O)[C@@]12C. The van der Waals surface area contributed by atoms with Crippen LogP contribution in [0.4, 0.5) is 0 Å². The summed E-state index contributed by atoms with van der Waals surface area (Å²) in [7, 11) is 0. The van der Waals surface area contributed by atoms with Gasteiger partial charge in [0.05, 0.1) is 11.5 Å². The van der Waals surface area contributed by atoms with Gasteiger partial charge in [0, 0.05) is 37.0 Å². The van der Waals surface area contributed by atoms with Crippen LogP contribution in [0.25, 0.3) is 0 Å². The van der Waals surface area contributed by atoms with Crippen molar-refractivity contribution in [2.45, 2.75) is 84.7 Å². The van der Waals surface area contributed by atoms with E-state index in [1.807, 2.05) is 27.7 Å². The van der Waals surface area contributed by atoms with E-state index in [1.165, 1.54) is 13.8 Å². The number of esters is 3. The normalized spacial score (nSPS) is 39.6. The van der Waals surface area contributed by atoms with Crippen LogP contribution in [0.1, 0.15) is 71.2 Å². The second-order valence-electron chi connectivity index (χ2n) is 12.0. The highest BCUT2D eigenvalue weighted by atomic mass is 16.6. The second-order valence-corrected chi connectivity index (χ2v) is 12.0. The minimum Gasteiger partial charge on any atom is -0.461 e. The first-order chi connectivity index (χ1) is 17.7. The molecule has 38 heavy (non-hydrogen) atoms. The topological polar surface area (TPSA) is 116 Å². The summed E-state index contributed by atoms with van der Waals surface area (Å²) in [6, 6.07) is 8.51. The minimum atomic E-state index is -1.72. The molecule has 0 amide bonds. The molecule has 0 saturated heterocycles. The monoisotopic (exact) mass is 526 g/mol. The molecule has 0 bridgehead atoms. The molecular weight excluding hydrogens is 488 g/mol. The van der Waals surface area contributed by atoms with Gasteiger partial charge in [-0.05, 0) is 37.8 Å². The van der Waals surface area contributed by atoms with E-state index >= 15 is 0 Å². The third-order valence-electron chi connectivity index (χ3n) is 9.36. The Morgan fingerprint density at radius 1 is 1.03 bits per heavy atom. The maximum Gasteiger partial charge on any atom is 0.338 e. The lowest BCUT2D eigenvalue weighted by Gasteiger charge is -2.62. The van der Waals surface area contributed by atoms with Crippen molar-refractivity contribution >= 4 is 23.7 Å². The Bertz CT molecular complexity index is 1160. The van der Waals surface area contributed by atoms with Crippen LogP contribution in [0.15, 0.2) is 42.5 Å². The first-order valence-corrected chi connectivity index (χ1v) is 13.2. The second kappa shape index (κ2) is 9.63. The van der Waals surface area contributed by atoms with Gasteiger partial charge in [-0.25, -0.2) is 4.79 Å². The summed E-state index contributed by atoms with van der Waals surface area (Å²) in [5.74, 6) is -3.69. The average molecular weight is 527 g/mol. The Kier molecular flexibility index (Phi) is 7.10. The third kappa shape index (κ3) is 4.17. The lowest BCUT2D eigenvalue weighted by Crippen LogP contribution is -2.72. The fourth-order valence-corrected chi connectivity index (χ4v) is 7.74. The summed E-state index contributed by atoms with van der Waals surface area (Å²) in [5.41, 5.74) is -2.70. The number of rotatable bonds is 6. The highest BCUT2D eigenvalue weighted by Crippen LogP contribution is 2.70. The molecule has 4 rings (SSSR count). The van der Waals surface area contributed by atoms with Gasteiger partial charge in [-0.3, -0.25) is 14.4 Å². The molecule has 3 fully saturated rings. The van der Waals surface area contributed by atoms with Crippen LogP contribution in [-0.4, -0.2) is 52.7 Å². The Hall–Kier alpha value is -3.00.